The molecule has 0 saturated heterocycles. The van der Waals surface area contributed by atoms with Gasteiger partial charge in [0.2, 0.25) is 0 Å². The molecular formula is C9H11BrOS. The number of rotatable bonds is 3. The second-order valence-electron chi connectivity index (χ2n) is 2.49. The Morgan fingerprint density at radius 1 is 1.50 bits per heavy atom. The van der Waals surface area contributed by atoms with Gasteiger partial charge in [0.15, 0.2) is 0 Å². The van der Waals surface area contributed by atoms with Crippen LogP contribution in [0.4, 0.5) is 0 Å². The fourth-order valence-corrected chi connectivity index (χ4v) is 2.04. The Kier molecular flexibility index (Phi) is 4.12. The summed E-state index contributed by atoms with van der Waals surface area (Å²) >= 11 is 5.04. The van der Waals surface area contributed by atoms with Gasteiger partial charge in [-0.15, -0.1) is 0 Å². The van der Waals surface area contributed by atoms with Crippen LogP contribution in [0.25, 0.3) is 0 Å². The molecule has 0 aromatic heterocycles. The van der Waals surface area contributed by atoms with Gasteiger partial charge in [-0.2, -0.15) is 11.8 Å². The van der Waals surface area contributed by atoms with Crippen molar-refractivity contribution in [3.63, 3.8) is 0 Å². The van der Waals surface area contributed by atoms with E-state index in [2.05, 4.69) is 15.9 Å². The van der Waals surface area contributed by atoms with Gasteiger partial charge in [0, 0.05) is 10.2 Å². The predicted molar refractivity (Wildman–Crippen MR) is 57.5 cm³/mol. The standard InChI is InChI=1S/C9H11BrOS/c1-12-6-9(11)7-4-2-3-5-8(7)10/h2-5,9,11H,6H2,1H3. The number of hydrogen-bond acceptors (Lipinski definition) is 2. The highest BCUT2D eigenvalue weighted by Gasteiger charge is 2.08. The fraction of sp³-hybridized carbons (Fsp3) is 0.333. The van der Waals surface area contributed by atoms with E-state index in [1.54, 1.807) is 11.8 Å². The summed E-state index contributed by atoms with van der Waals surface area (Å²) in [5.41, 5.74) is 0.965. The highest BCUT2D eigenvalue weighted by Crippen LogP contribution is 2.24. The fourth-order valence-electron chi connectivity index (χ4n) is 0.993. The first kappa shape index (κ1) is 10.1. The number of halogens is 1. The minimum atomic E-state index is -0.365. The normalized spacial score (nSPS) is 12.9. The van der Waals surface area contributed by atoms with Gasteiger partial charge in [-0.1, -0.05) is 34.1 Å². The average Bonchev–Trinajstić information content (AvgIpc) is 2.05. The predicted octanol–water partition coefficient (Wildman–Crippen LogP) is 2.85. The molecule has 1 aromatic rings. The molecule has 1 nitrogen and oxygen atoms in total. The molecule has 0 spiro atoms. The van der Waals surface area contributed by atoms with Crippen LogP contribution in [0.5, 0.6) is 0 Å². The second-order valence-corrected chi connectivity index (χ2v) is 4.26. The third kappa shape index (κ3) is 2.51. The van der Waals surface area contributed by atoms with Gasteiger partial charge in [-0.25, -0.2) is 0 Å². The summed E-state index contributed by atoms with van der Waals surface area (Å²) in [6.45, 7) is 0. The van der Waals surface area contributed by atoms with Crippen LogP contribution < -0.4 is 0 Å². The summed E-state index contributed by atoms with van der Waals surface area (Å²) in [5.74, 6) is 0.739. The highest BCUT2D eigenvalue weighted by atomic mass is 79.9. The van der Waals surface area contributed by atoms with E-state index in [-0.39, 0.29) is 6.10 Å². The van der Waals surface area contributed by atoms with Crippen molar-refractivity contribution in [2.45, 2.75) is 6.10 Å². The molecule has 1 unspecified atom stereocenters. The molecule has 0 amide bonds. The van der Waals surface area contributed by atoms with Crippen molar-refractivity contribution < 1.29 is 5.11 Å². The molecule has 0 fully saturated rings. The van der Waals surface area contributed by atoms with Crippen molar-refractivity contribution in [2.24, 2.45) is 0 Å². The van der Waals surface area contributed by atoms with Crippen LogP contribution in [-0.4, -0.2) is 17.1 Å². The van der Waals surface area contributed by atoms with Gasteiger partial charge >= 0.3 is 0 Å². The number of benzene rings is 1. The molecule has 12 heavy (non-hydrogen) atoms. The summed E-state index contributed by atoms with van der Waals surface area (Å²) in [7, 11) is 0. The third-order valence-electron chi connectivity index (χ3n) is 1.59. The maximum atomic E-state index is 9.65. The van der Waals surface area contributed by atoms with E-state index >= 15 is 0 Å². The maximum absolute atomic E-state index is 9.65. The highest BCUT2D eigenvalue weighted by molar-refractivity contribution is 9.10. The quantitative estimate of drug-likeness (QED) is 0.886. The topological polar surface area (TPSA) is 20.2 Å². The lowest BCUT2D eigenvalue weighted by Crippen LogP contribution is -2.00. The molecule has 0 saturated carbocycles. The zero-order chi connectivity index (χ0) is 8.97. The molecular weight excluding hydrogens is 236 g/mol. The van der Waals surface area contributed by atoms with Crippen LogP contribution in [0.2, 0.25) is 0 Å². The average molecular weight is 247 g/mol. The monoisotopic (exact) mass is 246 g/mol. The summed E-state index contributed by atoms with van der Waals surface area (Å²) in [5, 5.41) is 9.65. The zero-order valence-electron chi connectivity index (χ0n) is 6.83. The van der Waals surface area contributed by atoms with Gasteiger partial charge in [0.05, 0.1) is 6.10 Å². The Hall–Kier alpha value is 0.01000. The molecule has 0 aliphatic carbocycles. The molecule has 0 aliphatic heterocycles. The van der Waals surface area contributed by atoms with Crippen molar-refractivity contribution >= 4 is 27.7 Å². The van der Waals surface area contributed by atoms with Gasteiger partial charge in [0.1, 0.15) is 0 Å². The largest absolute Gasteiger partial charge is 0.388 e. The van der Waals surface area contributed by atoms with Crippen molar-refractivity contribution in [1.82, 2.24) is 0 Å². The van der Waals surface area contributed by atoms with Gasteiger partial charge in [0.25, 0.3) is 0 Å². The van der Waals surface area contributed by atoms with E-state index < -0.39 is 0 Å². The van der Waals surface area contributed by atoms with Crippen molar-refractivity contribution in [2.75, 3.05) is 12.0 Å². The van der Waals surface area contributed by atoms with Gasteiger partial charge in [-0.3, -0.25) is 0 Å². The van der Waals surface area contributed by atoms with Crippen LogP contribution in [-0.2, 0) is 0 Å². The van der Waals surface area contributed by atoms with Crippen LogP contribution >= 0.6 is 27.7 Å². The molecule has 0 radical (unpaired) electrons. The number of aliphatic hydroxyl groups excluding tert-OH is 1. The summed E-state index contributed by atoms with van der Waals surface area (Å²) in [4.78, 5) is 0. The van der Waals surface area contributed by atoms with Crippen molar-refractivity contribution in [3.8, 4) is 0 Å². The summed E-state index contributed by atoms with van der Waals surface area (Å²) in [6, 6.07) is 7.76. The first-order chi connectivity index (χ1) is 5.75. The Bertz CT molecular complexity index is 252. The van der Waals surface area contributed by atoms with E-state index in [9.17, 15) is 5.11 Å². The van der Waals surface area contributed by atoms with Crippen molar-refractivity contribution in [3.05, 3.63) is 34.3 Å². The Morgan fingerprint density at radius 3 is 2.75 bits per heavy atom. The summed E-state index contributed by atoms with van der Waals surface area (Å²) < 4.78 is 0.978. The molecule has 1 atom stereocenters. The lowest BCUT2D eigenvalue weighted by molar-refractivity contribution is 0.203. The Labute approximate surface area is 85.3 Å². The lowest BCUT2D eigenvalue weighted by atomic mass is 10.1. The van der Waals surface area contributed by atoms with Crippen molar-refractivity contribution in [1.29, 1.82) is 0 Å². The SMILES string of the molecule is CSCC(O)c1ccccc1Br. The van der Waals surface area contributed by atoms with E-state index in [1.165, 1.54) is 0 Å². The molecule has 0 heterocycles. The van der Waals surface area contributed by atoms with Gasteiger partial charge < -0.3 is 5.11 Å². The van der Waals surface area contributed by atoms with Crippen LogP contribution in [0, 0.1) is 0 Å². The van der Waals surface area contributed by atoms with Gasteiger partial charge in [-0.05, 0) is 17.9 Å². The first-order valence-electron chi connectivity index (χ1n) is 3.67. The second kappa shape index (κ2) is 4.90. The Morgan fingerprint density at radius 2 is 2.17 bits per heavy atom. The molecule has 1 N–H and O–H groups in total. The minimum absolute atomic E-state index is 0.365. The molecule has 0 aliphatic rings. The van der Waals surface area contributed by atoms with Crippen LogP contribution in [0.3, 0.4) is 0 Å². The smallest absolute Gasteiger partial charge is 0.0891 e. The number of hydrogen-bond donors (Lipinski definition) is 1. The molecule has 3 heteroatoms. The molecule has 0 bridgehead atoms. The van der Waals surface area contributed by atoms with E-state index in [1.807, 2.05) is 30.5 Å². The first-order valence-corrected chi connectivity index (χ1v) is 5.86. The molecule has 1 rings (SSSR count). The number of aliphatic hydroxyl groups is 1. The van der Waals surface area contributed by atoms with E-state index in [0.29, 0.717) is 0 Å². The lowest BCUT2D eigenvalue weighted by Gasteiger charge is -2.10. The Balaban J connectivity index is 2.79. The van der Waals surface area contributed by atoms with E-state index in [0.717, 1.165) is 15.8 Å². The van der Waals surface area contributed by atoms with E-state index in [4.69, 9.17) is 0 Å². The van der Waals surface area contributed by atoms with Crippen LogP contribution in [0.1, 0.15) is 11.7 Å². The minimum Gasteiger partial charge on any atom is -0.388 e. The summed E-state index contributed by atoms with van der Waals surface area (Å²) in [6.07, 6.45) is 1.62. The zero-order valence-corrected chi connectivity index (χ0v) is 9.23. The molecule has 66 valence electrons. The van der Waals surface area contributed by atoms with Crippen LogP contribution in [0.15, 0.2) is 28.7 Å². The number of thioether (sulfide) groups is 1. The third-order valence-corrected chi connectivity index (χ3v) is 2.96. The molecule has 1 aromatic carbocycles. The maximum Gasteiger partial charge on any atom is 0.0891 e.